The molecule has 0 aliphatic heterocycles. The van der Waals surface area contributed by atoms with Gasteiger partial charge in [0.15, 0.2) is 0 Å². The number of carbonyl (C=O) groups excluding carboxylic acids is 1. The highest BCUT2D eigenvalue weighted by Gasteiger charge is 2.31. The lowest BCUT2D eigenvalue weighted by atomic mass is 10.1. The van der Waals surface area contributed by atoms with E-state index < -0.39 is 15.9 Å². The number of halogens is 1. The number of benzene rings is 3. The van der Waals surface area contributed by atoms with E-state index in [1.807, 2.05) is 26.0 Å². The Bertz CT molecular complexity index is 1070. The fourth-order valence-electron chi connectivity index (χ4n) is 2.76. The summed E-state index contributed by atoms with van der Waals surface area (Å²) in [6.45, 7) is 3.88. The highest BCUT2D eigenvalue weighted by atomic mass is 35.5. The molecule has 0 heterocycles. The fourth-order valence-corrected chi connectivity index (χ4v) is 4.30. The number of hydrogen-bond acceptors (Lipinski definition) is 3. The molecule has 6 heteroatoms. The summed E-state index contributed by atoms with van der Waals surface area (Å²) < 4.78 is 27.6. The van der Waals surface area contributed by atoms with Crippen molar-refractivity contribution < 1.29 is 13.2 Å². The zero-order chi connectivity index (χ0) is 20.3. The summed E-state index contributed by atoms with van der Waals surface area (Å²) in [5, 5.41) is 0.469. The van der Waals surface area contributed by atoms with Crippen LogP contribution in [0.3, 0.4) is 0 Å². The van der Waals surface area contributed by atoms with Crippen LogP contribution in [0, 0.1) is 6.92 Å². The second-order valence-electron chi connectivity index (χ2n) is 6.41. The van der Waals surface area contributed by atoms with E-state index in [1.165, 1.54) is 24.3 Å². The van der Waals surface area contributed by atoms with Crippen molar-refractivity contribution in [3.05, 3.63) is 94.5 Å². The monoisotopic (exact) mass is 413 g/mol. The van der Waals surface area contributed by atoms with Crippen LogP contribution in [0.1, 0.15) is 28.4 Å². The van der Waals surface area contributed by atoms with Crippen molar-refractivity contribution >= 4 is 33.2 Å². The second-order valence-corrected chi connectivity index (χ2v) is 8.64. The first kappa shape index (κ1) is 20.1. The lowest BCUT2D eigenvalue weighted by Crippen LogP contribution is -2.37. The number of amides is 1. The van der Waals surface area contributed by atoms with Crippen molar-refractivity contribution in [1.29, 1.82) is 0 Å². The van der Waals surface area contributed by atoms with Crippen LogP contribution in [0.2, 0.25) is 5.02 Å². The molecule has 4 nitrogen and oxygen atoms in total. The smallest absolute Gasteiger partial charge is 0.268 e. The summed E-state index contributed by atoms with van der Waals surface area (Å²) >= 11 is 5.90. The summed E-state index contributed by atoms with van der Waals surface area (Å²) in [6, 6.07) is 19.5. The van der Waals surface area contributed by atoms with Gasteiger partial charge in [0.05, 0.1) is 10.6 Å². The van der Waals surface area contributed by atoms with Gasteiger partial charge in [-0.1, -0.05) is 48.4 Å². The third-order valence-electron chi connectivity index (χ3n) is 4.41. The number of aryl methyl sites for hydroxylation is 2. The second kappa shape index (κ2) is 8.17. The fraction of sp³-hybridized carbons (Fsp3) is 0.136. The molecule has 0 N–H and O–H groups in total. The Morgan fingerprint density at radius 2 is 1.46 bits per heavy atom. The van der Waals surface area contributed by atoms with Gasteiger partial charge in [-0.3, -0.25) is 4.79 Å². The summed E-state index contributed by atoms with van der Waals surface area (Å²) in [7, 11) is -4.10. The van der Waals surface area contributed by atoms with Gasteiger partial charge >= 0.3 is 0 Å². The van der Waals surface area contributed by atoms with Crippen LogP contribution in [0.5, 0.6) is 0 Å². The lowest BCUT2D eigenvalue weighted by molar-refractivity contribution is 0.101. The third-order valence-corrected chi connectivity index (χ3v) is 6.39. The maximum absolute atomic E-state index is 13.4. The molecule has 28 heavy (non-hydrogen) atoms. The Labute approximate surface area is 170 Å². The molecule has 0 atom stereocenters. The van der Waals surface area contributed by atoms with Crippen LogP contribution in [-0.2, 0) is 16.4 Å². The first-order valence-electron chi connectivity index (χ1n) is 8.84. The van der Waals surface area contributed by atoms with Crippen LogP contribution >= 0.6 is 11.6 Å². The molecule has 0 aromatic heterocycles. The molecule has 0 saturated carbocycles. The maximum atomic E-state index is 13.4. The first-order chi connectivity index (χ1) is 13.3. The normalized spacial score (nSPS) is 11.2. The summed E-state index contributed by atoms with van der Waals surface area (Å²) in [5.74, 6) is -0.638. The van der Waals surface area contributed by atoms with Crippen LogP contribution in [0.25, 0.3) is 0 Å². The Morgan fingerprint density at radius 3 is 2.00 bits per heavy atom. The Balaban J connectivity index is 2.13. The van der Waals surface area contributed by atoms with Crippen LogP contribution < -0.4 is 4.31 Å². The number of sulfonamides is 1. The topological polar surface area (TPSA) is 54.5 Å². The molecule has 0 unspecified atom stereocenters. The molecule has 0 bridgehead atoms. The average molecular weight is 414 g/mol. The molecule has 3 rings (SSSR count). The summed E-state index contributed by atoms with van der Waals surface area (Å²) in [5.41, 5.74) is 2.51. The van der Waals surface area contributed by atoms with Gasteiger partial charge in [0, 0.05) is 10.6 Å². The predicted octanol–water partition coefficient (Wildman–Crippen LogP) is 5.25. The van der Waals surface area contributed by atoms with Crippen molar-refractivity contribution in [1.82, 2.24) is 0 Å². The van der Waals surface area contributed by atoms with E-state index in [0.29, 0.717) is 5.02 Å². The van der Waals surface area contributed by atoms with Gasteiger partial charge in [-0.05, 0) is 67.4 Å². The molecular weight excluding hydrogens is 394 g/mol. The number of carbonyl (C=O) groups is 1. The molecule has 0 spiro atoms. The van der Waals surface area contributed by atoms with E-state index in [9.17, 15) is 13.2 Å². The van der Waals surface area contributed by atoms with Gasteiger partial charge in [-0.25, -0.2) is 8.42 Å². The largest absolute Gasteiger partial charge is 0.272 e. The van der Waals surface area contributed by atoms with Crippen molar-refractivity contribution in [3.63, 3.8) is 0 Å². The van der Waals surface area contributed by atoms with Crippen LogP contribution in [0.4, 0.5) is 5.69 Å². The lowest BCUT2D eigenvalue weighted by Gasteiger charge is -2.23. The first-order valence-corrected chi connectivity index (χ1v) is 10.7. The predicted molar refractivity (Wildman–Crippen MR) is 112 cm³/mol. The number of nitrogens with zero attached hydrogens (tertiary/aromatic N) is 1. The minimum absolute atomic E-state index is 0.0555. The minimum Gasteiger partial charge on any atom is -0.268 e. The van der Waals surface area contributed by atoms with E-state index >= 15 is 0 Å². The summed E-state index contributed by atoms with van der Waals surface area (Å²) in [4.78, 5) is 13.3. The average Bonchev–Trinajstić information content (AvgIpc) is 2.69. The van der Waals surface area contributed by atoms with Crippen LogP contribution in [-0.4, -0.2) is 14.3 Å². The Kier molecular flexibility index (Phi) is 5.87. The van der Waals surface area contributed by atoms with E-state index in [0.717, 1.165) is 21.9 Å². The molecule has 0 radical (unpaired) electrons. The molecule has 0 aliphatic carbocycles. The zero-order valence-electron chi connectivity index (χ0n) is 15.6. The zero-order valence-corrected chi connectivity index (χ0v) is 17.2. The van der Waals surface area contributed by atoms with Crippen molar-refractivity contribution in [2.75, 3.05) is 4.31 Å². The van der Waals surface area contributed by atoms with Crippen molar-refractivity contribution in [2.45, 2.75) is 25.2 Å². The standard InChI is InChI=1S/C22H20ClNO3S/c1-3-17-6-12-20(13-7-17)24(22(25)18-8-10-19(23)11-9-18)28(26,27)21-14-4-16(2)5-15-21/h4-15H,3H2,1-2H3. The number of rotatable bonds is 5. The number of anilines is 1. The SMILES string of the molecule is CCc1ccc(N(C(=O)c2ccc(Cl)cc2)S(=O)(=O)c2ccc(C)cc2)cc1. The van der Waals surface area contributed by atoms with E-state index in [4.69, 9.17) is 11.6 Å². The molecule has 144 valence electrons. The molecule has 0 fully saturated rings. The van der Waals surface area contributed by atoms with Gasteiger partial charge in [-0.15, -0.1) is 0 Å². The van der Waals surface area contributed by atoms with E-state index in [1.54, 1.807) is 36.4 Å². The highest BCUT2D eigenvalue weighted by Crippen LogP contribution is 2.27. The summed E-state index contributed by atoms with van der Waals surface area (Å²) in [6.07, 6.45) is 0.816. The quantitative estimate of drug-likeness (QED) is 0.574. The molecular formula is C22H20ClNO3S. The van der Waals surface area contributed by atoms with Gasteiger partial charge in [0.1, 0.15) is 0 Å². The molecule has 0 aliphatic rings. The Hall–Kier alpha value is -2.63. The van der Waals surface area contributed by atoms with E-state index in [2.05, 4.69) is 0 Å². The minimum atomic E-state index is -4.10. The van der Waals surface area contributed by atoms with Gasteiger partial charge in [-0.2, -0.15) is 4.31 Å². The molecule has 3 aromatic rings. The molecule has 0 saturated heterocycles. The van der Waals surface area contributed by atoms with E-state index in [-0.39, 0.29) is 16.1 Å². The molecule has 1 amide bonds. The maximum Gasteiger partial charge on any atom is 0.272 e. The highest BCUT2D eigenvalue weighted by molar-refractivity contribution is 7.93. The van der Waals surface area contributed by atoms with Crippen molar-refractivity contribution in [2.24, 2.45) is 0 Å². The van der Waals surface area contributed by atoms with Gasteiger partial charge in [0.25, 0.3) is 15.9 Å². The van der Waals surface area contributed by atoms with Crippen molar-refractivity contribution in [3.8, 4) is 0 Å². The van der Waals surface area contributed by atoms with Gasteiger partial charge < -0.3 is 0 Å². The van der Waals surface area contributed by atoms with Gasteiger partial charge in [0.2, 0.25) is 0 Å². The molecule has 3 aromatic carbocycles. The Morgan fingerprint density at radius 1 is 0.893 bits per heavy atom. The number of hydrogen-bond donors (Lipinski definition) is 0. The van der Waals surface area contributed by atoms with Crippen LogP contribution in [0.15, 0.2) is 77.7 Å². The third kappa shape index (κ3) is 4.11.